The average molecular weight is 573 g/mol. The Hall–Kier alpha value is -4.12. The first-order valence-electron chi connectivity index (χ1n) is 15.3. The molecule has 220 valence electrons. The molecule has 0 saturated heterocycles. The fourth-order valence-electron chi connectivity index (χ4n) is 6.59. The zero-order valence-corrected chi connectivity index (χ0v) is 25.6. The van der Waals surface area contributed by atoms with Crippen molar-refractivity contribution in [2.45, 2.75) is 33.1 Å². The molecule has 43 heavy (non-hydrogen) atoms. The lowest BCUT2D eigenvalue weighted by Crippen LogP contribution is -2.28. The van der Waals surface area contributed by atoms with Gasteiger partial charge in [0, 0.05) is 13.2 Å². The van der Waals surface area contributed by atoms with E-state index in [1.54, 1.807) is 0 Å². The summed E-state index contributed by atoms with van der Waals surface area (Å²) in [7, 11) is 0. The van der Waals surface area contributed by atoms with Gasteiger partial charge in [-0.1, -0.05) is 78.4 Å². The van der Waals surface area contributed by atoms with Crippen LogP contribution in [0.4, 0.5) is 0 Å². The summed E-state index contributed by atoms with van der Waals surface area (Å²) in [6.07, 6.45) is 0. The van der Waals surface area contributed by atoms with Crippen LogP contribution in [0.1, 0.15) is 47.2 Å². The number of rotatable bonds is 12. The van der Waals surface area contributed by atoms with Crippen LogP contribution in [0, 0.1) is 13.8 Å². The van der Waals surface area contributed by atoms with Gasteiger partial charge in [-0.2, -0.15) is 0 Å². The lowest BCUT2D eigenvalue weighted by atomic mass is 9.67. The van der Waals surface area contributed by atoms with Crippen molar-refractivity contribution in [3.8, 4) is 22.6 Å². The normalized spacial score (nSPS) is 13.1. The van der Waals surface area contributed by atoms with Gasteiger partial charge in [0.05, 0.1) is 18.6 Å². The summed E-state index contributed by atoms with van der Waals surface area (Å²) in [5.41, 5.74) is 9.60. The van der Waals surface area contributed by atoms with E-state index in [0.717, 1.165) is 11.5 Å². The van der Waals surface area contributed by atoms with Gasteiger partial charge in [-0.3, -0.25) is 0 Å². The molecule has 0 aliphatic heterocycles. The van der Waals surface area contributed by atoms with Gasteiger partial charge in [-0.25, -0.2) is 0 Å². The summed E-state index contributed by atoms with van der Waals surface area (Å²) in [6, 6.07) is 35.4. The van der Waals surface area contributed by atoms with E-state index >= 15 is 0 Å². The fourth-order valence-corrected chi connectivity index (χ4v) is 6.59. The van der Waals surface area contributed by atoms with E-state index in [9.17, 15) is 0 Å². The molecule has 5 aromatic rings. The van der Waals surface area contributed by atoms with Crippen molar-refractivity contribution in [1.29, 1.82) is 0 Å². The van der Waals surface area contributed by atoms with E-state index in [2.05, 4.69) is 111 Å². The smallest absolute Gasteiger partial charge is 0.119 e. The molecule has 1 aliphatic carbocycles. The highest BCUT2D eigenvalue weighted by Crippen LogP contribution is 2.58. The second-order valence-electron chi connectivity index (χ2n) is 11.1. The second-order valence-corrected chi connectivity index (χ2v) is 11.1. The highest BCUT2D eigenvalue weighted by Gasteiger charge is 2.47. The monoisotopic (exact) mass is 572 g/mol. The molecule has 0 aromatic heterocycles. The topological polar surface area (TPSA) is 36.9 Å². The molecule has 0 saturated carbocycles. The maximum Gasteiger partial charge on any atom is 0.119 e. The van der Waals surface area contributed by atoms with Gasteiger partial charge < -0.3 is 18.9 Å². The summed E-state index contributed by atoms with van der Waals surface area (Å²) in [6.45, 7) is 12.0. The highest BCUT2D eigenvalue weighted by atomic mass is 16.5. The zero-order valence-electron chi connectivity index (χ0n) is 25.6. The van der Waals surface area contributed by atoms with Crippen LogP contribution in [0.5, 0.6) is 11.5 Å². The molecule has 0 heterocycles. The van der Waals surface area contributed by atoms with Crippen molar-refractivity contribution >= 4 is 10.8 Å². The third-order valence-electron chi connectivity index (χ3n) is 8.48. The molecule has 1 aliphatic rings. The number of fused-ring (bicyclic) bond motifs is 5. The molecule has 6 rings (SSSR count). The van der Waals surface area contributed by atoms with Crippen molar-refractivity contribution in [2.24, 2.45) is 0 Å². The maximum atomic E-state index is 6.02. The lowest BCUT2D eigenvalue weighted by Gasteiger charge is -2.34. The first-order chi connectivity index (χ1) is 21.1. The van der Waals surface area contributed by atoms with Crippen molar-refractivity contribution in [1.82, 2.24) is 0 Å². The van der Waals surface area contributed by atoms with Gasteiger partial charge >= 0.3 is 0 Å². The van der Waals surface area contributed by atoms with Crippen molar-refractivity contribution in [3.05, 3.63) is 130 Å². The van der Waals surface area contributed by atoms with Crippen LogP contribution < -0.4 is 9.47 Å². The van der Waals surface area contributed by atoms with Crippen LogP contribution in [0.2, 0.25) is 0 Å². The van der Waals surface area contributed by atoms with Gasteiger partial charge in [-0.05, 0) is 102 Å². The zero-order chi connectivity index (χ0) is 29.8. The molecule has 0 N–H and O–H groups in total. The number of hydrogen-bond donors (Lipinski definition) is 0. The number of benzene rings is 5. The van der Waals surface area contributed by atoms with Gasteiger partial charge in [0.25, 0.3) is 0 Å². The Morgan fingerprint density at radius 2 is 1.12 bits per heavy atom. The van der Waals surface area contributed by atoms with Crippen LogP contribution in [-0.2, 0) is 14.9 Å². The summed E-state index contributed by atoms with van der Waals surface area (Å²) in [5.74, 6) is 1.68. The minimum atomic E-state index is -0.515. The predicted molar refractivity (Wildman–Crippen MR) is 175 cm³/mol. The second kappa shape index (κ2) is 12.6. The van der Waals surface area contributed by atoms with E-state index in [0.29, 0.717) is 39.6 Å². The lowest BCUT2D eigenvalue weighted by molar-refractivity contribution is 0.110. The number of hydrogen-bond acceptors (Lipinski definition) is 4. The van der Waals surface area contributed by atoms with Gasteiger partial charge in [-0.15, -0.1) is 0 Å². The van der Waals surface area contributed by atoms with Gasteiger partial charge in [0.2, 0.25) is 0 Å². The standard InChI is InChI=1S/C39H40O4/c1-5-40-21-23-42-31-16-12-29(13-17-31)39(30-14-18-32(19-15-30)43-24-22-41-6-2)36-25-27(3)11-20-35(36)38-34-10-8-7-9-33(34)28(4)26-37(38)39/h7-20,25-26H,5-6,21-24H2,1-4H3. The summed E-state index contributed by atoms with van der Waals surface area (Å²) < 4.78 is 23.0. The SMILES string of the molecule is CCOCCOc1ccc(C2(c3ccc(OCCOCC)cc3)c3cc(C)ccc3-c3c2cc(C)c2ccccc32)cc1. The molecular formula is C39H40O4. The molecule has 0 bridgehead atoms. The minimum Gasteiger partial charge on any atom is -0.491 e. The number of aryl methyl sites for hydroxylation is 2. The summed E-state index contributed by atoms with van der Waals surface area (Å²) in [5, 5.41) is 2.58. The Labute approximate surface area is 255 Å². The van der Waals surface area contributed by atoms with Crippen molar-refractivity contribution < 1.29 is 18.9 Å². The molecule has 0 atom stereocenters. The molecule has 0 fully saturated rings. The molecule has 0 spiro atoms. The van der Waals surface area contributed by atoms with Crippen LogP contribution in [0.3, 0.4) is 0 Å². The van der Waals surface area contributed by atoms with Crippen molar-refractivity contribution in [2.75, 3.05) is 39.6 Å². The quantitative estimate of drug-likeness (QED) is 0.138. The number of ether oxygens (including phenoxy) is 4. The Bertz CT molecular complexity index is 1650. The van der Waals surface area contributed by atoms with Gasteiger partial charge in [0.1, 0.15) is 24.7 Å². The van der Waals surface area contributed by atoms with E-state index in [1.165, 1.54) is 55.3 Å². The maximum absolute atomic E-state index is 6.02. The molecule has 0 unspecified atom stereocenters. The predicted octanol–water partition coefficient (Wildman–Crippen LogP) is 8.65. The average Bonchev–Trinajstić information content (AvgIpc) is 3.32. The Morgan fingerprint density at radius 1 is 0.558 bits per heavy atom. The molecule has 4 heteroatoms. The van der Waals surface area contributed by atoms with Crippen molar-refractivity contribution in [3.63, 3.8) is 0 Å². The van der Waals surface area contributed by atoms with E-state index < -0.39 is 5.41 Å². The Kier molecular flexibility index (Phi) is 8.51. The first kappa shape index (κ1) is 29.0. The van der Waals surface area contributed by atoms with E-state index in [4.69, 9.17) is 18.9 Å². The third-order valence-corrected chi connectivity index (χ3v) is 8.48. The van der Waals surface area contributed by atoms with Gasteiger partial charge in [0.15, 0.2) is 0 Å². The summed E-state index contributed by atoms with van der Waals surface area (Å²) >= 11 is 0. The van der Waals surface area contributed by atoms with Crippen LogP contribution >= 0.6 is 0 Å². The van der Waals surface area contributed by atoms with Crippen LogP contribution in [0.15, 0.2) is 97.1 Å². The molecule has 0 amide bonds. The highest BCUT2D eigenvalue weighted by molar-refractivity contribution is 6.05. The van der Waals surface area contributed by atoms with E-state index in [-0.39, 0.29) is 0 Å². The summed E-state index contributed by atoms with van der Waals surface area (Å²) in [4.78, 5) is 0. The first-order valence-corrected chi connectivity index (χ1v) is 15.3. The van der Waals surface area contributed by atoms with Crippen LogP contribution in [0.25, 0.3) is 21.9 Å². The molecule has 0 radical (unpaired) electrons. The largest absolute Gasteiger partial charge is 0.491 e. The minimum absolute atomic E-state index is 0.515. The fraction of sp³-hybridized carbons (Fsp3) is 0.282. The van der Waals surface area contributed by atoms with E-state index in [1.807, 2.05) is 13.8 Å². The molecule has 5 aromatic carbocycles. The Balaban J connectivity index is 1.55. The van der Waals surface area contributed by atoms with Crippen LogP contribution in [-0.4, -0.2) is 39.6 Å². The Morgan fingerprint density at radius 3 is 1.67 bits per heavy atom. The molecular weight excluding hydrogens is 532 g/mol. The third kappa shape index (κ3) is 5.30. The molecule has 4 nitrogen and oxygen atoms in total.